The molecule has 0 radical (unpaired) electrons. The monoisotopic (exact) mass is 318 g/mol. The second-order valence-corrected chi connectivity index (χ2v) is 5.71. The Morgan fingerprint density at radius 3 is 3.00 bits per heavy atom. The van der Waals surface area contributed by atoms with E-state index in [9.17, 15) is 5.11 Å². The van der Waals surface area contributed by atoms with Gasteiger partial charge in [0, 0.05) is 16.8 Å². The van der Waals surface area contributed by atoms with E-state index in [1.165, 1.54) is 17.4 Å². The number of benzene rings is 2. The van der Waals surface area contributed by atoms with E-state index in [1.807, 2.05) is 18.2 Å². The van der Waals surface area contributed by atoms with Crippen molar-refractivity contribution in [2.45, 2.75) is 0 Å². The van der Waals surface area contributed by atoms with Gasteiger partial charge in [-0.2, -0.15) is 0 Å². The van der Waals surface area contributed by atoms with Gasteiger partial charge in [0.2, 0.25) is 5.13 Å². The van der Waals surface area contributed by atoms with Crippen LogP contribution in [0.15, 0.2) is 41.4 Å². The lowest BCUT2D eigenvalue weighted by atomic mass is 10.2. The number of ether oxygens (including phenoxy) is 1. The maximum atomic E-state index is 9.75. The molecule has 3 aromatic rings. The number of aromatic hydroxyl groups is 1. The number of aliphatic imine (C=N–C) groups is 1. The number of fused-ring (bicyclic) bond motifs is 1. The molecule has 0 aliphatic carbocycles. The minimum absolute atomic E-state index is 0.127. The first kappa shape index (κ1) is 13.9. The van der Waals surface area contributed by atoms with Crippen LogP contribution < -0.4 is 4.74 Å². The van der Waals surface area contributed by atoms with Crippen LogP contribution in [0.2, 0.25) is 5.02 Å². The Morgan fingerprint density at radius 2 is 2.19 bits per heavy atom. The summed E-state index contributed by atoms with van der Waals surface area (Å²) in [6, 6.07) is 10.5. The van der Waals surface area contributed by atoms with E-state index in [0.717, 1.165) is 16.0 Å². The first-order valence-corrected chi connectivity index (χ1v) is 7.33. The predicted molar refractivity (Wildman–Crippen MR) is 86.5 cm³/mol. The molecule has 21 heavy (non-hydrogen) atoms. The van der Waals surface area contributed by atoms with Crippen LogP contribution in [-0.4, -0.2) is 23.4 Å². The van der Waals surface area contributed by atoms with Gasteiger partial charge in [-0.3, -0.25) is 0 Å². The number of phenols is 1. The highest BCUT2D eigenvalue weighted by atomic mass is 35.5. The van der Waals surface area contributed by atoms with Crippen LogP contribution in [0.5, 0.6) is 11.5 Å². The zero-order valence-corrected chi connectivity index (χ0v) is 12.6. The summed E-state index contributed by atoms with van der Waals surface area (Å²) in [6.45, 7) is 0. The quantitative estimate of drug-likeness (QED) is 0.727. The van der Waals surface area contributed by atoms with E-state index in [-0.39, 0.29) is 5.75 Å². The molecule has 0 amide bonds. The van der Waals surface area contributed by atoms with E-state index in [4.69, 9.17) is 16.3 Å². The Balaban J connectivity index is 1.98. The van der Waals surface area contributed by atoms with Crippen molar-refractivity contribution >= 4 is 44.5 Å². The van der Waals surface area contributed by atoms with Crippen LogP contribution >= 0.6 is 22.9 Å². The van der Waals surface area contributed by atoms with E-state index in [0.29, 0.717) is 15.7 Å². The number of thiazole rings is 1. The summed E-state index contributed by atoms with van der Waals surface area (Å²) in [7, 11) is 1.61. The van der Waals surface area contributed by atoms with Crippen LogP contribution in [-0.2, 0) is 0 Å². The van der Waals surface area contributed by atoms with Gasteiger partial charge < -0.3 is 9.84 Å². The third-order valence-corrected chi connectivity index (χ3v) is 4.06. The number of rotatable bonds is 3. The molecule has 6 heteroatoms. The van der Waals surface area contributed by atoms with Crippen molar-refractivity contribution in [1.29, 1.82) is 0 Å². The maximum Gasteiger partial charge on any atom is 0.210 e. The molecule has 1 aromatic heterocycles. The maximum absolute atomic E-state index is 9.75. The Bertz CT molecular complexity index is 830. The van der Waals surface area contributed by atoms with E-state index in [2.05, 4.69) is 9.98 Å². The molecular weight excluding hydrogens is 308 g/mol. The molecule has 0 saturated heterocycles. The molecule has 0 spiro atoms. The van der Waals surface area contributed by atoms with Gasteiger partial charge in [0.25, 0.3) is 0 Å². The molecule has 3 rings (SSSR count). The molecule has 0 unspecified atom stereocenters. The van der Waals surface area contributed by atoms with Gasteiger partial charge in [-0.25, -0.2) is 9.98 Å². The van der Waals surface area contributed by atoms with Crippen LogP contribution in [0.25, 0.3) is 10.2 Å². The first-order chi connectivity index (χ1) is 10.2. The number of para-hydroxylation sites is 1. The van der Waals surface area contributed by atoms with Crippen LogP contribution in [0, 0.1) is 0 Å². The third-order valence-electron chi connectivity index (χ3n) is 2.89. The molecule has 0 aliphatic heterocycles. The van der Waals surface area contributed by atoms with Crippen molar-refractivity contribution in [3.05, 3.63) is 47.0 Å². The highest BCUT2D eigenvalue weighted by molar-refractivity contribution is 7.22. The molecule has 4 nitrogen and oxygen atoms in total. The zero-order valence-electron chi connectivity index (χ0n) is 11.1. The van der Waals surface area contributed by atoms with Gasteiger partial charge in [0.05, 0.1) is 11.8 Å². The third kappa shape index (κ3) is 2.84. The van der Waals surface area contributed by atoms with E-state index in [1.54, 1.807) is 25.5 Å². The number of aromatic nitrogens is 1. The summed E-state index contributed by atoms with van der Waals surface area (Å²) >= 11 is 7.35. The van der Waals surface area contributed by atoms with Gasteiger partial charge in [0.1, 0.15) is 17.0 Å². The summed E-state index contributed by atoms with van der Waals surface area (Å²) in [5, 5.41) is 10.9. The molecule has 0 bridgehead atoms. The Labute approximate surface area is 130 Å². The van der Waals surface area contributed by atoms with Crippen molar-refractivity contribution in [1.82, 2.24) is 4.98 Å². The fourth-order valence-corrected chi connectivity index (χ4v) is 2.89. The molecule has 2 aromatic carbocycles. The molecule has 0 aliphatic rings. The predicted octanol–water partition coefficient (Wildman–Crippen LogP) is 4.41. The second-order valence-electron chi connectivity index (χ2n) is 4.26. The number of halogens is 1. The second kappa shape index (κ2) is 5.71. The number of nitrogens with zero attached hydrogens (tertiary/aromatic N) is 2. The Kier molecular flexibility index (Phi) is 3.77. The number of phenolic OH excluding ortho intramolecular Hbond substituents is 1. The average molecular weight is 319 g/mol. The lowest BCUT2D eigenvalue weighted by molar-refractivity contribution is 0.419. The average Bonchev–Trinajstić information content (AvgIpc) is 2.91. The van der Waals surface area contributed by atoms with Gasteiger partial charge in [-0.1, -0.05) is 29.0 Å². The molecule has 1 heterocycles. The highest BCUT2D eigenvalue weighted by Gasteiger charge is 2.07. The molecule has 0 atom stereocenters. The van der Waals surface area contributed by atoms with Crippen molar-refractivity contribution in [2.75, 3.05) is 7.11 Å². The zero-order chi connectivity index (χ0) is 14.8. The summed E-state index contributed by atoms with van der Waals surface area (Å²) in [5.41, 5.74) is 1.33. The van der Waals surface area contributed by atoms with Crippen molar-refractivity contribution in [3.63, 3.8) is 0 Å². The number of hydrogen-bond acceptors (Lipinski definition) is 5. The SMILES string of the molecule is COc1cccc2sc(/N=C/c3cc(Cl)ccc3O)nc12. The number of hydrogen-bond donors (Lipinski definition) is 1. The van der Waals surface area contributed by atoms with E-state index < -0.39 is 0 Å². The summed E-state index contributed by atoms with van der Waals surface area (Å²) in [4.78, 5) is 8.73. The van der Waals surface area contributed by atoms with Crippen LogP contribution in [0.3, 0.4) is 0 Å². The van der Waals surface area contributed by atoms with E-state index >= 15 is 0 Å². The lowest BCUT2D eigenvalue weighted by Crippen LogP contribution is -1.83. The standard InChI is InChI=1S/C15H11ClN2O2S/c1-20-12-3-2-4-13-14(12)18-15(21-13)17-8-9-7-10(16)5-6-11(9)19/h2-8,19H,1H3/b17-8+. The Hall–Kier alpha value is -2.11. The van der Waals surface area contributed by atoms with Crippen LogP contribution in [0.1, 0.15) is 5.56 Å². The van der Waals surface area contributed by atoms with Crippen molar-refractivity contribution in [3.8, 4) is 11.5 Å². The Morgan fingerprint density at radius 1 is 1.33 bits per heavy atom. The molecule has 0 saturated carbocycles. The van der Waals surface area contributed by atoms with Crippen molar-refractivity contribution < 1.29 is 9.84 Å². The topological polar surface area (TPSA) is 54.7 Å². The van der Waals surface area contributed by atoms with Gasteiger partial charge in [0.15, 0.2) is 0 Å². The van der Waals surface area contributed by atoms with Crippen LogP contribution in [0.4, 0.5) is 5.13 Å². The first-order valence-electron chi connectivity index (χ1n) is 6.13. The molecule has 1 N–H and O–H groups in total. The fourth-order valence-electron chi connectivity index (χ4n) is 1.89. The minimum Gasteiger partial charge on any atom is -0.507 e. The molecule has 106 valence electrons. The van der Waals surface area contributed by atoms with Gasteiger partial charge in [-0.15, -0.1) is 0 Å². The largest absolute Gasteiger partial charge is 0.507 e. The molecular formula is C15H11ClN2O2S. The summed E-state index contributed by atoms with van der Waals surface area (Å²) in [6.07, 6.45) is 1.55. The normalized spacial score (nSPS) is 11.3. The highest BCUT2D eigenvalue weighted by Crippen LogP contribution is 2.33. The minimum atomic E-state index is 0.127. The smallest absolute Gasteiger partial charge is 0.210 e. The summed E-state index contributed by atoms with van der Waals surface area (Å²) in [5.74, 6) is 0.845. The number of methoxy groups -OCH3 is 1. The fraction of sp³-hybridized carbons (Fsp3) is 0.0667. The van der Waals surface area contributed by atoms with Gasteiger partial charge >= 0.3 is 0 Å². The van der Waals surface area contributed by atoms with Gasteiger partial charge in [-0.05, 0) is 30.3 Å². The lowest BCUT2D eigenvalue weighted by Gasteiger charge is -1.98. The van der Waals surface area contributed by atoms with Crippen molar-refractivity contribution in [2.24, 2.45) is 4.99 Å². The molecule has 0 fully saturated rings. The summed E-state index contributed by atoms with van der Waals surface area (Å²) < 4.78 is 6.27.